The van der Waals surface area contributed by atoms with Gasteiger partial charge < -0.3 is 24.4 Å². The Morgan fingerprint density at radius 3 is 2.57 bits per heavy atom. The van der Waals surface area contributed by atoms with Crippen LogP contribution in [0.5, 0.6) is 17.2 Å². The summed E-state index contributed by atoms with van der Waals surface area (Å²) in [4.78, 5) is 30.4. The van der Waals surface area contributed by atoms with Crippen LogP contribution in [0.3, 0.4) is 0 Å². The maximum atomic E-state index is 13.9. The minimum Gasteiger partial charge on any atom is -0.497 e. The van der Waals surface area contributed by atoms with Crippen LogP contribution < -0.4 is 19.5 Å². The maximum absolute atomic E-state index is 13.9. The molecule has 1 fully saturated rings. The number of hydrogen-bond donors (Lipinski definition) is 1. The van der Waals surface area contributed by atoms with Gasteiger partial charge in [0.15, 0.2) is 11.5 Å². The van der Waals surface area contributed by atoms with Crippen molar-refractivity contribution in [3.05, 3.63) is 76.0 Å². The van der Waals surface area contributed by atoms with Crippen LogP contribution in [-0.4, -0.2) is 36.7 Å². The highest BCUT2D eigenvalue weighted by atomic mass is 32.1. The van der Waals surface area contributed by atoms with Gasteiger partial charge in [-0.1, -0.05) is 43.5 Å². The second-order valence-electron chi connectivity index (χ2n) is 9.48. The molecular weight excluding hydrogens is 488 g/mol. The van der Waals surface area contributed by atoms with Gasteiger partial charge in [-0.2, -0.15) is 0 Å². The van der Waals surface area contributed by atoms with E-state index in [4.69, 9.17) is 14.2 Å². The molecule has 1 aliphatic carbocycles. The minimum atomic E-state index is -0.786. The topological polar surface area (TPSA) is 77.1 Å². The Labute approximate surface area is 221 Å². The monoisotopic (exact) mass is 520 g/mol. The van der Waals surface area contributed by atoms with E-state index in [1.165, 1.54) is 17.8 Å². The van der Waals surface area contributed by atoms with Gasteiger partial charge >= 0.3 is 0 Å². The Morgan fingerprint density at radius 1 is 1.05 bits per heavy atom. The molecule has 0 saturated heterocycles. The Balaban J connectivity index is 1.49. The highest BCUT2D eigenvalue weighted by molar-refractivity contribution is 7.10. The molecule has 1 aromatic heterocycles. The number of methoxy groups -OCH3 is 1. The number of hydrogen-bond acceptors (Lipinski definition) is 6. The van der Waals surface area contributed by atoms with Gasteiger partial charge in [-0.25, -0.2) is 0 Å². The summed E-state index contributed by atoms with van der Waals surface area (Å²) in [5.74, 6) is 1.76. The van der Waals surface area contributed by atoms with E-state index in [0.717, 1.165) is 41.7 Å². The predicted octanol–water partition coefficient (Wildman–Crippen LogP) is 5.25. The lowest BCUT2D eigenvalue weighted by atomic mass is 9.94. The zero-order valence-corrected chi connectivity index (χ0v) is 21.8. The molecule has 0 radical (unpaired) electrons. The standard InChI is InChI=1S/C29H32N2O5S/c1-34-23-12-10-21(11-13-23)28(29(33)30-22-6-3-2-4-7-22)31(27(32)17-24-8-5-15-37-24)18-20-9-14-25-26(16-20)36-19-35-25/h5,8-16,22,28H,2-4,6-7,17-19H2,1H3,(H,30,33). The van der Waals surface area contributed by atoms with Gasteiger partial charge in [0.2, 0.25) is 18.6 Å². The van der Waals surface area contributed by atoms with Gasteiger partial charge in [0.1, 0.15) is 11.8 Å². The predicted molar refractivity (Wildman–Crippen MR) is 142 cm³/mol. The fourth-order valence-electron chi connectivity index (χ4n) is 5.01. The number of fused-ring (bicyclic) bond motifs is 1. The quantitative estimate of drug-likeness (QED) is 0.417. The first-order chi connectivity index (χ1) is 18.1. The van der Waals surface area contributed by atoms with Crippen molar-refractivity contribution >= 4 is 23.2 Å². The van der Waals surface area contributed by atoms with Crippen LogP contribution in [0.2, 0.25) is 0 Å². The number of nitrogens with one attached hydrogen (secondary N) is 1. The van der Waals surface area contributed by atoms with Crippen LogP contribution in [-0.2, 0) is 22.6 Å². The van der Waals surface area contributed by atoms with E-state index in [1.807, 2.05) is 60.0 Å². The molecule has 1 atom stereocenters. The van der Waals surface area contributed by atoms with Crippen molar-refractivity contribution in [1.29, 1.82) is 0 Å². The van der Waals surface area contributed by atoms with Gasteiger partial charge in [-0.05, 0) is 59.7 Å². The van der Waals surface area contributed by atoms with Crippen molar-refractivity contribution in [2.45, 2.75) is 57.2 Å². The number of carbonyl (C=O) groups excluding carboxylic acids is 2. The molecule has 2 aliphatic rings. The zero-order valence-electron chi connectivity index (χ0n) is 21.0. The summed E-state index contributed by atoms with van der Waals surface area (Å²) in [5, 5.41) is 5.22. The van der Waals surface area contributed by atoms with Crippen molar-refractivity contribution in [3.63, 3.8) is 0 Å². The van der Waals surface area contributed by atoms with Crippen molar-refractivity contribution in [2.24, 2.45) is 0 Å². The summed E-state index contributed by atoms with van der Waals surface area (Å²) in [7, 11) is 1.61. The number of ether oxygens (including phenoxy) is 3. The summed E-state index contributed by atoms with van der Waals surface area (Å²) in [6.45, 7) is 0.438. The summed E-state index contributed by atoms with van der Waals surface area (Å²) in [6, 6.07) is 16.3. The normalized spacial score (nSPS) is 15.7. The molecule has 8 heteroatoms. The summed E-state index contributed by atoms with van der Waals surface area (Å²) >= 11 is 1.54. The summed E-state index contributed by atoms with van der Waals surface area (Å²) < 4.78 is 16.4. The lowest BCUT2D eigenvalue weighted by Crippen LogP contribution is -2.47. The van der Waals surface area contributed by atoms with E-state index >= 15 is 0 Å². The van der Waals surface area contributed by atoms with Crippen molar-refractivity contribution in [1.82, 2.24) is 10.2 Å². The van der Waals surface area contributed by atoms with Crippen LogP contribution in [0.25, 0.3) is 0 Å². The highest BCUT2D eigenvalue weighted by Crippen LogP contribution is 2.34. The van der Waals surface area contributed by atoms with E-state index in [1.54, 1.807) is 12.0 Å². The van der Waals surface area contributed by atoms with E-state index < -0.39 is 6.04 Å². The van der Waals surface area contributed by atoms with Crippen molar-refractivity contribution in [3.8, 4) is 17.2 Å². The molecule has 1 saturated carbocycles. The largest absolute Gasteiger partial charge is 0.497 e. The highest BCUT2D eigenvalue weighted by Gasteiger charge is 2.33. The van der Waals surface area contributed by atoms with Crippen LogP contribution in [0.4, 0.5) is 0 Å². The van der Waals surface area contributed by atoms with Crippen LogP contribution >= 0.6 is 11.3 Å². The molecule has 1 N–H and O–H groups in total. The average molecular weight is 521 g/mol. The number of thiophene rings is 1. The van der Waals surface area contributed by atoms with Gasteiger partial charge in [-0.15, -0.1) is 11.3 Å². The molecule has 1 aliphatic heterocycles. The van der Waals surface area contributed by atoms with E-state index in [0.29, 0.717) is 17.2 Å². The second-order valence-corrected chi connectivity index (χ2v) is 10.5. The lowest BCUT2D eigenvalue weighted by Gasteiger charge is -2.33. The first kappa shape index (κ1) is 25.1. The number of amides is 2. The zero-order chi connectivity index (χ0) is 25.6. The van der Waals surface area contributed by atoms with Crippen LogP contribution in [0, 0.1) is 0 Å². The van der Waals surface area contributed by atoms with E-state index in [2.05, 4.69) is 5.32 Å². The fraction of sp³-hybridized carbons (Fsp3) is 0.379. The Hall–Kier alpha value is -3.52. The molecule has 2 amide bonds. The summed E-state index contributed by atoms with van der Waals surface area (Å²) in [5.41, 5.74) is 1.61. The molecule has 0 bridgehead atoms. The average Bonchev–Trinajstić information content (AvgIpc) is 3.61. The second kappa shape index (κ2) is 11.7. The van der Waals surface area contributed by atoms with Crippen LogP contribution in [0.15, 0.2) is 60.0 Å². The van der Waals surface area contributed by atoms with Gasteiger partial charge in [0.25, 0.3) is 0 Å². The Kier molecular flexibility index (Phi) is 7.94. The molecule has 1 unspecified atom stereocenters. The molecule has 0 spiro atoms. The molecule has 37 heavy (non-hydrogen) atoms. The summed E-state index contributed by atoms with van der Waals surface area (Å²) in [6.07, 6.45) is 5.57. The molecule has 194 valence electrons. The number of carbonyl (C=O) groups is 2. The molecule has 5 rings (SSSR count). The smallest absolute Gasteiger partial charge is 0.247 e. The van der Waals surface area contributed by atoms with Gasteiger partial charge in [0, 0.05) is 17.5 Å². The molecule has 2 aromatic carbocycles. The molecule has 7 nitrogen and oxygen atoms in total. The van der Waals surface area contributed by atoms with Gasteiger partial charge in [0.05, 0.1) is 13.5 Å². The third-order valence-electron chi connectivity index (χ3n) is 6.96. The van der Waals surface area contributed by atoms with E-state index in [9.17, 15) is 9.59 Å². The first-order valence-corrected chi connectivity index (χ1v) is 13.6. The number of benzene rings is 2. The van der Waals surface area contributed by atoms with Crippen molar-refractivity contribution in [2.75, 3.05) is 13.9 Å². The molecule has 3 aromatic rings. The van der Waals surface area contributed by atoms with E-state index in [-0.39, 0.29) is 37.6 Å². The van der Waals surface area contributed by atoms with Crippen molar-refractivity contribution < 1.29 is 23.8 Å². The molecular formula is C29H32N2O5S. The Bertz CT molecular complexity index is 1210. The fourth-order valence-corrected chi connectivity index (χ4v) is 5.71. The SMILES string of the molecule is COc1ccc(C(C(=O)NC2CCCCC2)N(Cc2ccc3c(c2)OCO3)C(=O)Cc2cccs2)cc1. The molecule has 2 heterocycles. The van der Waals surface area contributed by atoms with Crippen LogP contribution in [0.1, 0.15) is 54.1 Å². The number of rotatable bonds is 9. The lowest BCUT2D eigenvalue weighted by molar-refractivity contribution is -0.141. The third-order valence-corrected chi connectivity index (χ3v) is 7.84. The van der Waals surface area contributed by atoms with Gasteiger partial charge in [-0.3, -0.25) is 9.59 Å². The maximum Gasteiger partial charge on any atom is 0.247 e. The Morgan fingerprint density at radius 2 is 1.84 bits per heavy atom. The third kappa shape index (κ3) is 6.07. The first-order valence-electron chi connectivity index (χ1n) is 12.8. The number of nitrogens with zero attached hydrogens (tertiary/aromatic N) is 1. The minimum absolute atomic E-state index is 0.111.